The van der Waals surface area contributed by atoms with Gasteiger partial charge in [-0.05, 0) is 84.4 Å². The van der Waals surface area contributed by atoms with E-state index in [1.54, 1.807) is 11.8 Å². The Morgan fingerprint density at radius 2 is 1.73 bits per heavy atom. The molecule has 3 rings (SSSR count). The Kier molecular flexibility index (Phi) is 16.2. The van der Waals surface area contributed by atoms with Crippen LogP contribution in [0.2, 0.25) is 0 Å². The van der Waals surface area contributed by atoms with Crippen LogP contribution in [0.3, 0.4) is 0 Å². The number of thioether (sulfide) groups is 1. The van der Waals surface area contributed by atoms with E-state index in [0.717, 1.165) is 40.6 Å². The number of carboxylic acid groups (broad SMARTS) is 1. The van der Waals surface area contributed by atoms with Crippen molar-refractivity contribution in [2.24, 2.45) is 11.8 Å². The first-order valence-corrected chi connectivity index (χ1v) is 16.6. The van der Waals surface area contributed by atoms with Crippen molar-refractivity contribution < 1.29 is 33.6 Å². The van der Waals surface area contributed by atoms with Gasteiger partial charge in [0, 0.05) is 18.2 Å². The zero-order valence-electron chi connectivity index (χ0n) is 26.0. The van der Waals surface area contributed by atoms with Gasteiger partial charge < -0.3 is 20.5 Å². The number of nitrogens with one attached hydrogen (secondary N) is 2. The first-order chi connectivity index (χ1) is 19.3. The second-order valence-corrected chi connectivity index (χ2v) is 12.9. The zero-order chi connectivity index (χ0) is 28.9. The maximum Gasteiger partial charge on any atom is 1.00 e. The van der Waals surface area contributed by atoms with Gasteiger partial charge in [-0.2, -0.15) is 11.8 Å². The number of benzene rings is 2. The van der Waals surface area contributed by atoms with Gasteiger partial charge in [0.2, 0.25) is 0 Å². The summed E-state index contributed by atoms with van der Waals surface area (Å²) < 4.78 is 0. The van der Waals surface area contributed by atoms with Crippen LogP contribution in [0.1, 0.15) is 99.5 Å². The molecule has 220 valence electrons. The molecule has 1 unspecified atom stereocenters. The van der Waals surface area contributed by atoms with Crippen molar-refractivity contribution >= 4 is 23.6 Å². The molecule has 1 aliphatic rings. The molecule has 0 bridgehead atoms. The molecule has 1 fully saturated rings. The van der Waals surface area contributed by atoms with Crippen molar-refractivity contribution in [2.45, 2.75) is 104 Å². The van der Waals surface area contributed by atoms with E-state index in [1.807, 2.05) is 49.6 Å². The first-order valence-electron chi connectivity index (χ1n) is 15.2. The second kappa shape index (κ2) is 18.7. The molecule has 7 heteroatoms. The van der Waals surface area contributed by atoms with Crippen LogP contribution in [-0.4, -0.2) is 36.0 Å². The number of rotatable bonds is 16. The molecule has 2 aromatic carbocycles. The summed E-state index contributed by atoms with van der Waals surface area (Å²) in [5.41, 5.74) is 4.51. The van der Waals surface area contributed by atoms with Crippen LogP contribution in [0.5, 0.6) is 0 Å². The Labute approximate surface area is 264 Å². The normalized spacial score (nSPS) is 15.2. The fourth-order valence-electron chi connectivity index (χ4n) is 5.88. The van der Waals surface area contributed by atoms with Crippen molar-refractivity contribution in [1.29, 1.82) is 0 Å². The van der Waals surface area contributed by atoms with E-state index in [1.165, 1.54) is 57.8 Å². The topological polar surface area (TPSA) is 81.3 Å². The third-order valence-corrected chi connectivity index (χ3v) is 8.88. The largest absolute Gasteiger partial charge is 1.00 e. The predicted octanol–water partition coefficient (Wildman–Crippen LogP) is 3.52. The Hall–Kier alpha value is -1.71. The van der Waals surface area contributed by atoms with Crippen LogP contribution in [0.15, 0.2) is 42.5 Å². The minimum Gasteiger partial charge on any atom is -0.548 e. The van der Waals surface area contributed by atoms with Gasteiger partial charge in [0.05, 0.1) is 12.0 Å². The summed E-state index contributed by atoms with van der Waals surface area (Å²) in [5.74, 6) is 0.552. The van der Waals surface area contributed by atoms with Crippen molar-refractivity contribution in [2.75, 3.05) is 12.0 Å². The number of amides is 1. The number of carboxylic acids is 1. The molecule has 0 saturated heterocycles. The van der Waals surface area contributed by atoms with Crippen LogP contribution in [0.25, 0.3) is 11.1 Å². The van der Waals surface area contributed by atoms with E-state index in [4.69, 9.17) is 0 Å². The molecule has 2 aromatic rings. The minimum atomic E-state index is -1.25. The molecule has 0 heterocycles. The Morgan fingerprint density at radius 3 is 2.39 bits per heavy atom. The van der Waals surface area contributed by atoms with Gasteiger partial charge in [-0.25, -0.2) is 0 Å². The molecule has 2 N–H and O–H groups in total. The van der Waals surface area contributed by atoms with Gasteiger partial charge in [-0.15, -0.1) is 0 Å². The minimum absolute atomic E-state index is 0. The third-order valence-electron chi connectivity index (χ3n) is 8.24. The van der Waals surface area contributed by atoms with Gasteiger partial charge in [0.1, 0.15) is 0 Å². The van der Waals surface area contributed by atoms with Crippen molar-refractivity contribution in [3.8, 4) is 11.1 Å². The summed E-state index contributed by atoms with van der Waals surface area (Å²) >= 11 is 1.55. The summed E-state index contributed by atoms with van der Waals surface area (Å²) in [7, 11) is 0. The van der Waals surface area contributed by atoms with Gasteiger partial charge in [0.25, 0.3) is 5.91 Å². The molecular weight excluding hydrogens is 523 g/mol. The molecule has 2 atom stereocenters. The van der Waals surface area contributed by atoms with E-state index < -0.39 is 12.0 Å². The average Bonchev–Trinajstić information content (AvgIpc) is 2.94. The average molecular weight is 573 g/mol. The first kappa shape index (κ1) is 35.5. The smallest absolute Gasteiger partial charge is 0.548 e. The SMILES string of the molecule is CSCC[C@H](NC(=O)c1ccc(CNC(CCCC(C)C)CC2CCCCC2)cc1-c1ccccc1C)C(=O)[O-].[Li+]. The Morgan fingerprint density at radius 1 is 1.00 bits per heavy atom. The summed E-state index contributed by atoms with van der Waals surface area (Å²) in [5, 5.41) is 18.3. The Bertz CT molecular complexity index is 1090. The van der Waals surface area contributed by atoms with E-state index >= 15 is 0 Å². The van der Waals surface area contributed by atoms with E-state index in [-0.39, 0.29) is 24.8 Å². The van der Waals surface area contributed by atoms with Gasteiger partial charge in [-0.1, -0.05) is 89.1 Å². The van der Waals surface area contributed by atoms with Crippen LogP contribution in [-0.2, 0) is 11.3 Å². The van der Waals surface area contributed by atoms with E-state index in [0.29, 0.717) is 23.8 Å². The summed E-state index contributed by atoms with van der Waals surface area (Å²) in [6.07, 6.45) is 14.0. The Balaban J connectivity index is 0.00000588. The van der Waals surface area contributed by atoms with Gasteiger partial charge in [0.15, 0.2) is 0 Å². The van der Waals surface area contributed by atoms with Crippen LogP contribution in [0.4, 0.5) is 0 Å². The van der Waals surface area contributed by atoms with Crippen molar-refractivity contribution in [1.82, 2.24) is 10.6 Å². The molecule has 0 aromatic heterocycles. The van der Waals surface area contributed by atoms with Gasteiger partial charge in [-0.3, -0.25) is 4.79 Å². The molecule has 1 aliphatic carbocycles. The number of hydrogen-bond acceptors (Lipinski definition) is 5. The molecule has 0 radical (unpaired) electrons. The maximum atomic E-state index is 13.4. The number of carbonyl (C=O) groups excluding carboxylic acids is 2. The van der Waals surface area contributed by atoms with Crippen LogP contribution >= 0.6 is 11.8 Å². The summed E-state index contributed by atoms with van der Waals surface area (Å²) in [4.78, 5) is 25.1. The molecule has 0 aliphatic heterocycles. The molecule has 5 nitrogen and oxygen atoms in total. The maximum absolute atomic E-state index is 13.4. The predicted molar refractivity (Wildman–Crippen MR) is 166 cm³/mol. The third kappa shape index (κ3) is 11.8. The number of aryl methyl sites for hydroxylation is 1. The fraction of sp³-hybridized carbons (Fsp3) is 0.588. The molecular formula is C34H49LiN2O3S. The quantitative estimate of drug-likeness (QED) is 0.301. The fourth-order valence-corrected chi connectivity index (χ4v) is 6.35. The molecule has 1 saturated carbocycles. The summed E-state index contributed by atoms with van der Waals surface area (Å²) in [6, 6.07) is 13.5. The van der Waals surface area contributed by atoms with Crippen molar-refractivity contribution in [3.05, 3.63) is 59.2 Å². The number of carbonyl (C=O) groups is 2. The van der Waals surface area contributed by atoms with E-state index in [9.17, 15) is 14.7 Å². The second-order valence-electron chi connectivity index (χ2n) is 12.0. The summed E-state index contributed by atoms with van der Waals surface area (Å²) in [6.45, 7) is 7.38. The van der Waals surface area contributed by atoms with Crippen molar-refractivity contribution in [3.63, 3.8) is 0 Å². The monoisotopic (exact) mass is 572 g/mol. The van der Waals surface area contributed by atoms with E-state index in [2.05, 4.69) is 30.5 Å². The van der Waals surface area contributed by atoms with Gasteiger partial charge >= 0.3 is 18.9 Å². The number of hydrogen-bond donors (Lipinski definition) is 2. The zero-order valence-corrected chi connectivity index (χ0v) is 26.8. The van der Waals surface area contributed by atoms with Crippen LogP contribution in [0, 0.1) is 18.8 Å². The number of aliphatic carboxylic acids is 1. The molecule has 1 amide bonds. The standard InChI is InChI=1S/C34H50N2O3S.Li/c1-24(2)11-10-15-28(21-26-13-6-5-7-14-26)35-23-27-17-18-30(31(22-27)29-16-9-8-12-25(29)3)33(37)36-32(34(38)39)19-20-40-4;/h8-9,12,16-18,22,24,26,28,32,35H,5-7,10-11,13-15,19-21,23H2,1-4H3,(H,36,37)(H,38,39);/q;+1/p-1/t28?,32-;/m0./s1. The molecule has 41 heavy (non-hydrogen) atoms. The van der Waals surface area contributed by atoms with Crippen LogP contribution < -0.4 is 34.6 Å². The molecule has 0 spiro atoms.